The van der Waals surface area contributed by atoms with Crippen molar-refractivity contribution in [1.29, 1.82) is 0 Å². The average Bonchev–Trinajstić information content (AvgIpc) is 2.60. The van der Waals surface area contributed by atoms with Gasteiger partial charge in [0.25, 0.3) is 5.56 Å². The van der Waals surface area contributed by atoms with Crippen LogP contribution in [-0.2, 0) is 4.74 Å². The number of rotatable bonds is 6. The third-order valence-electron chi connectivity index (χ3n) is 4.50. The molecule has 0 saturated carbocycles. The Labute approximate surface area is 137 Å². The van der Waals surface area contributed by atoms with Gasteiger partial charge in [-0.1, -0.05) is 12.5 Å². The SMILES string of the molecule is O=c1cc(C2=CC=C(OCCCN3CCCCC3)CC2)cn[nH]1. The van der Waals surface area contributed by atoms with Crippen LogP contribution in [0.1, 0.15) is 44.1 Å². The molecular weight excluding hydrogens is 290 g/mol. The van der Waals surface area contributed by atoms with Crippen LogP contribution in [0.25, 0.3) is 5.57 Å². The minimum Gasteiger partial charge on any atom is -0.498 e. The first-order valence-electron chi connectivity index (χ1n) is 8.61. The molecule has 0 radical (unpaired) electrons. The van der Waals surface area contributed by atoms with Crippen molar-refractivity contribution in [2.24, 2.45) is 0 Å². The van der Waals surface area contributed by atoms with Gasteiger partial charge in [0.05, 0.1) is 18.6 Å². The first kappa shape index (κ1) is 16.0. The Bertz CT molecular complexity index is 627. The number of allylic oxidation sites excluding steroid dienone is 4. The summed E-state index contributed by atoms with van der Waals surface area (Å²) in [6.45, 7) is 4.43. The maximum Gasteiger partial charge on any atom is 0.264 e. The van der Waals surface area contributed by atoms with Gasteiger partial charge in [0.15, 0.2) is 0 Å². The van der Waals surface area contributed by atoms with Gasteiger partial charge in [0, 0.05) is 24.6 Å². The number of likely N-dealkylation sites (tertiary alicyclic amines) is 1. The second kappa shape index (κ2) is 8.11. The molecule has 23 heavy (non-hydrogen) atoms. The number of H-pyrrole nitrogens is 1. The van der Waals surface area contributed by atoms with Gasteiger partial charge in [-0.2, -0.15) is 5.10 Å². The summed E-state index contributed by atoms with van der Waals surface area (Å²) in [5, 5.41) is 6.25. The van der Waals surface area contributed by atoms with E-state index in [9.17, 15) is 4.79 Å². The van der Waals surface area contributed by atoms with E-state index in [4.69, 9.17) is 4.74 Å². The van der Waals surface area contributed by atoms with Crippen molar-refractivity contribution in [3.63, 3.8) is 0 Å². The summed E-state index contributed by atoms with van der Waals surface area (Å²) in [5.74, 6) is 1.05. The number of aromatic amines is 1. The normalized spacial score (nSPS) is 19.1. The summed E-state index contributed by atoms with van der Waals surface area (Å²) < 4.78 is 5.89. The number of hydrogen-bond donors (Lipinski definition) is 1. The first-order valence-corrected chi connectivity index (χ1v) is 8.61. The number of nitrogens with zero attached hydrogens (tertiary/aromatic N) is 2. The van der Waals surface area contributed by atoms with E-state index < -0.39 is 0 Å². The Morgan fingerprint density at radius 3 is 2.78 bits per heavy atom. The summed E-state index contributed by atoms with van der Waals surface area (Å²) in [7, 11) is 0. The monoisotopic (exact) mass is 315 g/mol. The molecule has 0 unspecified atom stereocenters. The number of ether oxygens (including phenoxy) is 1. The molecule has 0 spiro atoms. The van der Waals surface area contributed by atoms with E-state index in [2.05, 4.69) is 15.1 Å². The minimum atomic E-state index is -0.160. The maximum atomic E-state index is 11.3. The Kier molecular flexibility index (Phi) is 5.64. The molecule has 5 nitrogen and oxygen atoms in total. The molecule has 1 aliphatic carbocycles. The predicted molar refractivity (Wildman–Crippen MR) is 91.0 cm³/mol. The third kappa shape index (κ3) is 4.79. The van der Waals surface area contributed by atoms with Crippen LogP contribution in [0.4, 0.5) is 0 Å². The van der Waals surface area contributed by atoms with Crippen LogP contribution in [0.5, 0.6) is 0 Å². The van der Waals surface area contributed by atoms with Crippen molar-refractivity contribution in [1.82, 2.24) is 15.1 Å². The lowest BCUT2D eigenvalue weighted by Crippen LogP contribution is -2.31. The molecule has 1 aliphatic heterocycles. The molecule has 0 amide bonds. The van der Waals surface area contributed by atoms with Gasteiger partial charge in [-0.05, 0) is 50.4 Å². The lowest BCUT2D eigenvalue weighted by molar-refractivity contribution is 0.165. The van der Waals surface area contributed by atoms with Gasteiger partial charge in [0.1, 0.15) is 0 Å². The Morgan fingerprint density at radius 1 is 1.17 bits per heavy atom. The number of piperidine rings is 1. The topological polar surface area (TPSA) is 58.2 Å². The van der Waals surface area contributed by atoms with Crippen LogP contribution in [0.15, 0.2) is 35.0 Å². The zero-order valence-corrected chi connectivity index (χ0v) is 13.6. The lowest BCUT2D eigenvalue weighted by atomic mass is 9.98. The van der Waals surface area contributed by atoms with E-state index in [-0.39, 0.29) is 5.56 Å². The molecule has 1 saturated heterocycles. The van der Waals surface area contributed by atoms with Gasteiger partial charge in [-0.15, -0.1) is 0 Å². The fraction of sp³-hybridized carbons (Fsp3) is 0.556. The van der Waals surface area contributed by atoms with Gasteiger partial charge in [-0.3, -0.25) is 4.79 Å². The fourth-order valence-electron chi connectivity index (χ4n) is 3.21. The molecule has 124 valence electrons. The second-order valence-electron chi connectivity index (χ2n) is 6.26. The molecule has 3 rings (SSSR count). The van der Waals surface area contributed by atoms with Crippen molar-refractivity contribution in [2.45, 2.75) is 38.5 Å². The molecule has 0 atom stereocenters. The van der Waals surface area contributed by atoms with Crippen molar-refractivity contribution < 1.29 is 4.74 Å². The Balaban J connectivity index is 1.44. The molecular formula is C18H25N3O2. The van der Waals surface area contributed by atoms with Gasteiger partial charge in [-0.25, -0.2) is 5.10 Å². The summed E-state index contributed by atoms with van der Waals surface area (Å²) in [6, 6.07) is 1.59. The van der Waals surface area contributed by atoms with Gasteiger partial charge in [0.2, 0.25) is 0 Å². The van der Waals surface area contributed by atoms with Crippen molar-refractivity contribution in [3.8, 4) is 0 Å². The Hall–Kier alpha value is -1.88. The van der Waals surface area contributed by atoms with Gasteiger partial charge < -0.3 is 9.64 Å². The first-order chi connectivity index (χ1) is 11.3. The van der Waals surface area contributed by atoms with E-state index in [1.807, 2.05) is 12.2 Å². The number of nitrogens with one attached hydrogen (secondary N) is 1. The average molecular weight is 315 g/mol. The van der Waals surface area contributed by atoms with E-state index in [1.165, 1.54) is 32.4 Å². The van der Waals surface area contributed by atoms with E-state index >= 15 is 0 Å². The highest BCUT2D eigenvalue weighted by Gasteiger charge is 2.11. The largest absolute Gasteiger partial charge is 0.498 e. The maximum absolute atomic E-state index is 11.3. The minimum absolute atomic E-state index is 0.160. The highest BCUT2D eigenvalue weighted by molar-refractivity contribution is 5.67. The quantitative estimate of drug-likeness (QED) is 0.820. The predicted octanol–water partition coefficient (Wildman–Crippen LogP) is 2.72. The zero-order chi connectivity index (χ0) is 15.9. The molecule has 0 aromatic carbocycles. The molecule has 2 aliphatic rings. The van der Waals surface area contributed by atoms with E-state index in [0.717, 1.165) is 49.3 Å². The standard InChI is InChI=1S/C18H25N3O2/c22-18-13-16(14-19-20-18)15-5-7-17(8-6-15)23-12-4-11-21-9-2-1-3-10-21/h5,7,13-14H,1-4,6,8-12H2,(H,20,22). The smallest absolute Gasteiger partial charge is 0.264 e. The van der Waals surface area contributed by atoms with Crippen molar-refractivity contribution in [3.05, 3.63) is 46.1 Å². The van der Waals surface area contributed by atoms with Crippen LogP contribution < -0.4 is 5.56 Å². The lowest BCUT2D eigenvalue weighted by Gasteiger charge is -2.26. The summed E-state index contributed by atoms with van der Waals surface area (Å²) in [6.07, 6.45) is 12.7. The summed E-state index contributed by atoms with van der Waals surface area (Å²) >= 11 is 0. The summed E-state index contributed by atoms with van der Waals surface area (Å²) in [5.41, 5.74) is 1.88. The highest BCUT2D eigenvalue weighted by atomic mass is 16.5. The number of aromatic nitrogens is 2. The van der Waals surface area contributed by atoms with Crippen molar-refractivity contribution >= 4 is 5.57 Å². The zero-order valence-electron chi connectivity index (χ0n) is 13.6. The van der Waals surface area contributed by atoms with Gasteiger partial charge >= 0.3 is 0 Å². The molecule has 1 N–H and O–H groups in total. The third-order valence-corrected chi connectivity index (χ3v) is 4.50. The van der Waals surface area contributed by atoms with Crippen molar-refractivity contribution in [2.75, 3.05) is 26.2 Å². The molecule has 1 aromatic heterocycles. The second-order valence-corrected chi connectivity index (χ2v) is 6.26. The van der Waals surface area contributed by atoms with E-state index in [1.54, 1.807) is 12.3 Å². The summed E-state index contributed by atoms with van der Waals surface area (Å²) in [4.78, 5) is 13.9. The molecule has 0 bridgehead atoms. The molecule has 1 aromatic rings. The Morgan fingerprint density at radius 2 is 2.04 bits per heavy atom. The van der Waals surface area contributed by atoms with Crippen LogP contribution >= 0.6 is 0 Å². The van der Waals surface area contributed by atoms with Crippen LogP contribution in [0.3, 0.4) is 0 Å². The molecule has 5 heteroatoms. The van der Waals surface area contributed by atoms with Crippen LogP contribution in [-0.4, -0.2) is 41.3 Å². The van der Waals surface area contributed by atoms with Crippen LogP contribution in [0, 0.1) is 0 Å². The van der Waals surface area contributed by atoms with Crippen LogP contribution in [0.2, 0.25) is 0 Å². The highest BCUT2D eigenvalue weighted by Crippen LogP contribution is 2.26. The van der Waals surface area contributed by atoms with E-state index in [0.29, 0.717) is 0 Å². The molecule has 2 heterocycles. The molecule has 1 fully saturated rings. The number of hydrogen-bond acceptors (Lipinski definition) is 4. The fourth-order valence-corrected chi connectivity index (χ4v) is 3.21.